The Bertz CT molecular complexity index is 480. The quantitative estimate of drug-likeness (QED) is 0.881. The van der Waals surface area contributed by atoms with Crippen LogP contribution < -0.4 is 5.32 Å². The number of halogens is 1. The molecule has 3 rings (SSSR count). The molecule has 0 aromatic heterocycles. The Balaban J connectivity index is 1.69. The summed E-state index contributed by atoms with van der Waals surface area (Å²) in [6, 6.07) is 6.98. The lowest BCUT2D eigenvalue weighted by Gasteiger charge is -2.20. The van der Waals surface area contributed by atoms with Crippen molar-refractivity contribution in [2.75, 3.05) is 26.7 Å². The van der Waals surface area contributed by atoms with Crippen molar-refractivity contribution < 1.29 is 4.39 Å². The predicted molar refractivity (Wildman–Crippen MR) is 70.2 cm³/mol. The molecule has 1 aromatic carbocycles. The summed E-state index contributed by atoms with van der Waals surface area (Å²) in [5.41, 5.74) is 1.23. The molecule has 1 aromatic rings. The highest BCUT2D eigenvalue weighted by Gasteiger charge is 2.44. The van der Waals surface area contributed by atoms with E-state index in [-0.39, 0.29) is 11.2 Å². The zero-order valence-corrected chi connectivity index (χ0v) is 10.6. The van der Waals surface area contributed by atoms with Crippen molar-refractivity contribution in [2.24, 2.45) is 4.99 Å². The van der Waals surface area contributed by atoms with Crippen molar-refractivity contribution in [2.45, 2.75) is 18.3 Å². The molecule has 1 heterocycles. The van der Waals surface area contributed by atoms with Gasteiger partial charge in [0, 0.05) is 25.6 Å². The number of nitrogens with zero attached hydrogens (tertiary/aromatic N) is 2. The summed E-state index contributed by atoms with van der Waals surface area (Å²) < 4.78 is 13.3. The molecule has 1 saturated carbocycles. The monoisotopic (exact) mass is 247 g/mol. The van der Waals surface area contributed by atoms with Crippen LogP contribution in [0.25, 0.3) is 0 Å². The lowest BCUT2D eigenvalue weighted by molar-refractivity contribution is 0.523. The zero-order valence-electron chi connectivity index (χ0n) is 10.6. The van der Waals surface area contributed by atoms with Gasteiger partial charge in [0.2, 0.25) is 0 Å². The minimum absolute atomic E-state index is 0.119. The fourth-order valence-electron chi connectivity index (χ4n) is 2.51. The Morgan fingerprint density at radius 2 is 2.28 bits per heavy atom. The molecule has 0 unspecified atom stereocenters. The van der Waals surface area contributed by atoms with E-state index >= 15 is 0 Å². The van der Waals surface area contributed by atoms with Crippen LogP contribution in [-0.2, 0) is 5.41 Å². The van der Waals surface area contributed by atoms with Gasteiger partial charge in [-0.15, -0.1) is 0 Å². The Kier molecular flexibility index (Phi) is 2.73. The summed E-state index contributed by atoms with van der Waals surface area (Å²) in [6.45, 7) is 2.70. The second-order valence-electron chi connectivity index (χ2n) is 5.27. The van der Waals surface area contributed by atoms with Crippen molar-refractivity contribution in [3.63, 3.8) is 0 Å². The third-order valence-electron chi connectivity index (χ3n) is 3.93. The Hall–Kier alpha value is -1.58. The second-order valence-corrected chi connectivity index (χ2v) is 5.27. The van der Waals surface area contributed by atoms with Crippen LogP contribution in [0.2, 0.25) is 0 Å². The third kappa shape index (κ3) is 2.07. The second kappa shape index (κ2) is 4.26. The fraction of sp³-hybridized carbons (Fsp3) is 0.500. The normalized spacial score (nSPS) is 20.8. The molecule has 0 atom stereocenters. The molecule has 0 amide bonds. The van der Waals surface area contributed by atoms with Gasteiger partial charge in [-0.05, 0) is 30.5 Å². The van der Waals surface area contributed by atoms with E-state index in [1.807, 2.05) is 13.1 Å². The van der Waals surface area contributed by atoms with Crippen LogP contribution in [-0.4, -0.2) is 37.5 Å². The SMILES string of the molecule is CN1CCN=C1NCC1(c2cccc(F)c2)CC1. The van der Waals surface area contributed by atoms with Gasteiger partial charge in [0.1, 0.15) is 5.82 Å². The highest BCUT2D eigenvalue weighted by molar-refractivity contribution is 5.81. The van der Waals surface area contributed by atoms with Crippen LogP contribution in [0, 0.1) is 5.82 Å². The van der Waals surface area contributed by atoms with Gasteiger partial charge in [-0.25, -0.2) is 4.39 Å². The first kappa shape index (κ1) is 11.5. The number of nitrogens with one attached hydrogen (secondary N) is 1. The molecule has 96 valence electrons. The lowest BCUT2D eigenvalue weighted by Crippen LogP contribution is -2.39. The van der Waals surface area contributed by atoms with Crippen molar-refractivity contribution in [1.82, 2.24) is 10.2 Å². The average Bonchev–Trinajstić information content (AvgIpc) is 3.05. The van der Waals surface area contributed by atoms with Crippen molar-refractivity contribution in [3.05, 3.63) is 35.6 Å². The zero-order chi connectivity index (χ0) is 12.6. The summed E-state index contributed by atoms with van der Waals surface area (Å²) in [5.74, 6) is 0.826. The van der Waals surface area contributed by atoms with Crippen LogP contribution in [0.5, 0.6) is 0 Å². The van der Waals surface area contributed by atoms with E-state index in [1.54, 1.807) is 12.1 Å². The largest absolute Gasteiger partial charge is 0.355 e. The number of likely N-dealkylation sites (N-methyl/N-ethyl adjacent to an activating group) is 1. The summed E-state index contributed by atoms with van der Waals surface area (Å²) in [4.78, 5) is 6.54. The molecular formula is C14H18FN3. The Morgan fingerprint density at radius 3 is 2.89 bits per heavy atom. The molecule has 0 saturated heterocycles. The number of guanidine groups is 1. The van der Waals surface area contributed by atoms with Crippen LogP contribution in [0.1, 0.15) is 18.4 Å². The number of hydrogen-bond donors (Lipinski definition) is 1. The number of aliphatic imine (C=N–C) groups is 1. The van der Waals surface area contributed by atoms with E-state index in [2.05, 4.69) is 15.2 Å². The number of hydrogen-bond acceptors (Lipinski definition) is 3. The third-order valence-corrected chi connectivity index (χ3v) is 3.93. The van der Waals surface area contributed by atoms with Crippen LogP contribution in [0.15, 0.2) is 29.3 Å². The first-order valence-electron chi connectivity index (χ1n) is 6.45. The molecule has 18 heavy (non-hydrogen) atoms. The maximum atomic E-state index is 13.3. The van der Waals surface area contributed by atoms with E-state index in [0.29, 0.717) is 0 Å². The van der Waals surface area contributed by atoms with Crippen molar-refractivity contribution in [1.29, 1.82) is 0 Å². The molecule has 2 aliphatic rings. The van der Waals surface area contributed by atoms with Gasteiger partial charge in [0.15, 0.2) is 5.96 Å². The van der Waals surface area contributed by atoms with E-state index in [0.717, 1.165) is 44.0 Å². The predicted octanol–water partition coefficient (Wildman–Crippen LogP) is 1.75. The van der Waals surface area contributed by atoms with Crippen molar-refractivity contribution >= 4 is 5.96 Å². The highest BCUT2D eigenvalue weighted by Crippen LogP contribution is 2.47. The Labute approximate surface area is 107 Å². The molecular weight excluding hydrogens is 229 g/mol. The first-order chi connectivity index (χ1) is 8.70. The van der Waals surface area contributed by atoms with Gasteiger partial charge >= 0.3 is 0 Å². The van der Waals surface area contributed by atoms with E-state index in [9.17, 15) is 4.39 Å². The molecule has 1 aliphatic carbocycles. The standard InChI is InChI=1S/C14H18FN3/c1-18-8-7-16-13(18)17-10-14(5-6-14)11-3-2-4-12(15)9-11/h2-4,9H,5-8,10H2,1H3,(H,16,17). The van der Waals surface area contributed by atoms with Crippen LogP contribution in [0.4, 0.5) is 4.39 Å². The maximum absolute atomic E-state index is 13.3. The minimum atomic E-state index is -0.144. The molecule has 0 spiro atoms. The number of rotatable bonds is 3. The van der Waals surface area contributed by atoms with Crippen LogP contribution >= 0.6 is 0 Å². The summed E-state index contributed by atoms with van der Waals surface area (Å²) in [6.07, 6.45) is 2.25. The summed E-state index contributed by atoms with van der Waals surface area (Å²) >= 11 is 0. The van der Waals surface area contributed by atoms with Gasteiger partial charge in [-0.1, -0.05) is 12.1 Å². The first-order valence-corrected chi connectivity index (χ1v) is 6.45. The molecule has 0 bridgehead atoms. The summed E-state index contributed by atoms with van der Waals surface area (Å²) in [5, 5.41) is 3.41. The molecule has 4 heteroatoms. The molecule has 3 nitrogen and oxygen atoms in total. The fourth-order valence-corrected chi connectivity index (χ4v) is 2.51. The Morgan fingerprint density at radius 1 is 1.44 bits per heavy atom. The van der Waals surface area contributed by atoms with Gasteiger partial charge in [-0.3, -0.25) is 4.99 Å². The molecule has 1 N–H and O–H groups in total. The average molecular weight is 247 g/mol. The van der Waals surface area contributed by atoms with E-state index in [4.69, 9.17) is 0 Å². The van der Waals surface area contributed by atoms with Crippen molar-refractivity contribution in [3.8, 4) is 0 Å². The topological polar surface area (TPSA) is 27.6 Å². The number of benzene rings is 1. The maximum Gasteiger partial charge on any atom is 0.193 e. The van der Waals surface area contributed by atoms with Gasteiger partial charge < -0.3 is 10.2 Å². The minimum Gasteiger partial charge on any atom is -0.355 e. The molecule has 1 fully saturated rings. The van der Waals surface area contributed by atoms with Gasteiger partial charge in [-0.2, -0.15) is 0 Å². The van der Waals surface area contributed by atoms with Gasteiger partial charge in [0.05, 0.1) is 6.54 Å². The van der Waals surface area contributed by atoms with Gasteiger partial charge in [0.25, 0.3) is 0 Å². The molecule has 0 radical (unpaired) electrons. The van der Waals surface area contributed by atoms with E-state index < -0.39 is 0 Å². The van der Waals surface area contributed by atoms with Crippen LogP contribution in [0.3, 0.4) is 0 Å². The lowest BCUT2D eigenvalue weighted by atomic mass is 9.96. The smallest absolute Gasteiger partial charge is 0.193 e. The highest BCUT2D eigenvalue weighted by atomic mass is 19.1. The summed E-state index contributed by atoms with van der Waals surface area (Å²) in [7, 11) is 2.04. The van der Waals surface area contributed by atoms with E-state index in [1.165, 1.54) is 6.07 Å². The molecule has 1 aliphatic heterocycles.